The van der Waals surface area contributed by atoms with Gasteiger partial charge in [0.05, 0.1) is 0 Å². The minimum absolute atomic E-state index is 0.0719. The van der Waals surface area contributed by atoms with Gasteiger partial charge >= 0.3 is 17.9 Å². The number of rotatable bonds is 66. The topological polar surface area (TPSA) is 78.9 Å². The molecular formula is C77H136O6. The monoisotopic (exact) mass is 1160 g/mol. The Bertz CT molecular complexity index is 1570. The lowest BCUT2D eigenvalue weighted by Gasteiger charge is -2.18. The van der Waals surface area contributed by atoms with E-state index in [-0.39, 0.29) is 31.1 Å². The lowest BCUT2D eigenvalue weighted by molar-refractivity contribution is -0.167. The number of allylic oxidation sites excluding steroid dienone is 14. The summed E-state index contributed by atoms with van der Waals surface area (Å²) in [4.78, 5) is 38.0. The van der Waals surface area contributed by atoms with Gasteiger partial charge < -0.3 is 14.2 Å². The van der Waals surface area contributed by atoms with Crippen LogP contribution < -0.4 is 0 Å². The standard InChI is InChI=1S/C77H136O6/c1-4-7-10-13-15-17-19-21-23-25-27-29-31-33-34-35-36-37-38-39-40-41-42-44-45-47-49-51-53-55-57-59-61-64-67-70-76(79)82-73-74(72-81-75(78)69-66-63-12-9-6-3)83-77(80)71-68-65-62-60-58-56-54-52-50-48-46-43-32-30-28-26-24-22-20-18-16-14-11-8-5-2/h7,10,15,17,21,23,27,29,33-34,36-37,39-40,74H,4-6,8-9,11-14,16,18-20,22,24-26,28,30-32,35,38,41-73H2,1-3H3/b10-7-,17-15-,23-21-,29-27-,34-33-,37-36-,40-39-. The normalized spacial score (nSPS) is 12.6. The third-order valence-corrected chi connectivity index (χ3v) is 15.9. The zero-order valence-corrected chi connectivity index (χ0v) is 55.2. The molecule has 0 bridgehead atoms. The zero-order valence-electron chi connectivity index (χ0n) is 55.2. The zero-order chi connectivity index (χ0) is 59.9. The van der Waals surface area contributed by atoms with Crippen LogP contribution in [-0.4, -0.2) is 37.2 Å². The van der Waals surface area contributed by atoms with Gasteiger partial charge in [0.15, 0.2) is 6.10 Å². The van der Waals surface area contributed by atoms with E-state index in [1.807, 2.05) is 0 Å². The van der Waals surface area contributed by atoms with Crippen molar-refractivity contribution >= 4 is 17.9 Å². The van der Waals surface area contributed by atoms with Crippen molar-refractivity contribution in [2.24, 2.45) is 0 Å². The minimum atomic E-state index is -0.771. The largest absolute Gasteiger partial charge is 0.462 e. The van der Waals surface area contributed by atoms with Crippen molar-refractivity contribution < 1.29 is 28.6 Å². The second kappa shape index (κ2) is 71.1. The van der Waals surface area contributed by atoms with E-state index < -0.39 is 6.10 Å². The highest BCUT2D eigenvalue weighted by Crippen LogP contribution is 2.18. The van der Waals surface area contributed by atoms with E-state index in [4.69, 9.17) is 14.2 Å². The third-order valence-electron chi connectivity index (χ3n) is 15.9. The van der Waals surface area contributed by atoms with E-state index in [0.717, 1.165) is 109 Å². The molecule has 0 aromatic heterocycles. The Balaban J connectivity index is 3.95. The van der Waals surface area contributed by atoms with E-state index in [0.29, 0.717) is 19.3 Å². The van der Waals surface area contributed by atoms with Crippen LogP contribution in [0.2, 0.25) is 0 Å². The first-order valence-electron chi connectivity index (χ1n) is 36.1. The Labute approximate surface area is 515 Å². The van der Waals surface area contributed by atoms with Gasteiger partial charge in [-0.2, -0.15) is 0 Å². The Hall–Kier alpha value is -3.41. The fourth-order valence-corrected chi connectivity index (χ4v) is 10.5. The molecule has 0 aliphatic heterocycles. The summed E-state index contributed by atoms with van der Waals surface area (Å²) in [5.41, 5.74) is 0. The summed E-state index contributed by atoms with van der Waals surface area (Å²) in [6.45, 7) is 6.49. The molecule has 0 heterocycles. The van der Waals surface area contributed by atoms with Crippen molar-refractivity contribution in [2.75, 3.05) is 13.2 Å². The summed E-state index contributed by atoms with van der Waals surface area (Å²) in [6.07, 6.45) is 95.3. The van der Waals surface area contributed by atoms with E-state index in [2.05, 4.69) is 106 Å². The molecule has 0 radical (unpaired) electrons. The summed E-state index contributed by atoms with van der Waals surface area (Å²) >= 11 is 0. The van der Waals surface area contributed by atoms with Crippen LogP contribution >= 0.6 is 0 Å². The molecule has 0 aliphatic rings. The first-order chi connectivity index (χ1) is 41.0. The SMILES string of the molecule is CC/C=C\C/C=C\C/C=C\C/C=C\C/C=C\C/C=C\C/C=C\CCCCCCCCCCCCCCCC(=O)OCC(COC(=O)CCCCCCC)OC(=O)CCCCCCCCCCCCCCCCCCCCCCCCCCC. The van der Waals surface area contributed by atoms with Gasteiger partial charge in [-0.05, 0) is 77.0 Å². The summed E-state index contributed by atoms with van der Waals surface area (Å²) in [7, 11) is 0. The van der Waals surface area contributed by atoms with E-state index in [1.165, 1.54) is 218 Å². The predicted octanol–water partition coefficient (Wildman–Crippen LogP) is 25.0. The third kappa shape index (κ3) is 69.3. The number of ether oxygens (including phenoxy) is 3. The van der Waals surface area contributed by atoms with Crippen LogP contribution in [0.1, 0.15) is 367 Å². The highest BCUT2D eigenvalue weighted by Gasteiger charge is 2.19. The van der Waals surface area contributed by atoms with Crippen LogP contribution in [-0.2, 0) is 28.6 Å². The Morgan fingerprint density at radius 3 is 0.735 bits per heavy atom. The molecule has 0 saturated carbocycles. The second-order valence-corrected chi connectivity index (χ2v) is 24.1. The maximum atomic E-state index is 12.9. The predicted molar refractivity (Wildman–Crippen MR) is 362 cm³/mol. The van der Waals surface area contributed by atoms with Crippen LogP contribution in [0, 0.1) is 0 Å². The van der Waals surface area contributed by atoms with Gasteiger partial charge in [-0.3, -0.25) is 14.4 Å². The van der Waals surface area contributed by atoms with Crippen molar-refractivity contribution in [1.82, 2.24) is 0 Å². The van der Waals surface area contributed by atoms with E-state index in [9.17, 15) is 14.4 Å². The molecule has 1 atom stereocenters. The van der Waals surface area contributed by atoms with Crippen LogP contribution in [0.15, 0.2) is 85.1 Å². The molecule has 0 aliphatic carbocycles. The number of carbonyl (C=O) groups is 3. The van der Waals surface area contributed by atoms with Gasteiger partial charge in [0.25, 0.3) is 0 Å². The van der Waals surface area contributed by atoms with Crippen LogP contribution in [0.5, 0.6) is 0 Å². The molecule has 83 heavy (non-hydrogen) atoms. The van der Waals surface area contributed by atoms with E-state index in [1.54, 1.807) is 0 Å². The Kier molecular flexibility index (Phi) is 68.2. The van der Waals surface area contributed by atoms with Crippen LogP contribution in [0.3, 0.4) is 0 Å². The molecule has 480 valence electrons. The molecule has 1 unspecified atom stereocenters. The van der Waals surface area contributed by atoms with Gasteiger partial charge in [-0.15, -0.1) is 0 Å². The van der Waals surface area contributed by atoms with E-state index >= 15 is 0 Å². The molecule has 0 fully saturated rings. The van der Waals surface area contributed by atoms with Crippen molar-refractivity contribution in [1.29, 1.82) is 0 Å². The maximum Gasteiger partial charge on any atom is 0.306 e. The maximum absolute atomic E-state index is 12.9. The molecule has 6 heteroatoms. The fraction of sp³-hybridized carbons (Fsp3) is 0.779. The quantitative estimate of drug-likeness (QED) is 0.0261. The molecular weight excluding hydrogens is 1020 g/mol. The fourth-order valence-electron chi connectivity index (χ4n) is 10.5. The number of hydrogen-bond acceptors (Lipinski definition) is 6. The minimum Gasteiger partial charge on any atom is -0.462 e. The lowest BCUT2D eigenvalue weighted by atomic mass is 10.0. The Morgan fingerprint density at radius 1 is 0.253 bits per heavy atom. The van der Waals surface area contributed by atoms with Crippen LogP contribution in [0.25, 0.3) is 0 Å². The molecule has 6 nitrogen and oxygen atoms in total. The van der Waals surface area contributed by atoms with Gasteiger partial charge in [0.2, 0.25) is 0 Å². The lowest BCUT2D eigenvalue weighted by Crippen LogP contribution is -2.30. The Morgan fingerprint density at radius 2 is 0.470 bits per heavy atom. The summed E-state index contributed by atoms with van der Waals surface area (Å²) in [6, 6.07) is 0. The summed E-state index contributed by atoms with van der Waals surface area (Å²) in [5, 5.41) is 0. The summed E-state index contributed by atoms with van der Waals surface area (Å²) in [5.74, 6) is -0.867. The molecule has 0 aromatic rings. The summed E-state index contributed by atoms with van der Waals surface area (Å²) < 4.78 is 16.8. The average molecular weight is 1160 g/mol. The number of unbranched alkanes of at least 4 members (excludes halogenated alkanes) is 41. The van der Waals surface area contributed by atoms with Gasteiger partial charge in [0.1, 0.15) is 13.2 Å². The first kappa shape index (κ1) is 79.6. The molecule has 0 aromatic carbocycles. The first-order valence-corrected chi connectivity index (χ1v) is 36.1. The molecule has 0 rings (SSSR count). The van der Waals surface area contributed by atoms with Crippen molar-refractivity contribution in [3.63, 3.8) is 0 Å². The van der Waals surface area contributed by atoms with Gasteiger partial charge in [-0.1, -0.05) is 356 Å². The van der Waals surface area contributed by atoms with Crippen molar-refractivity contribution in [3.05, 3.63) is 85.1 Å². The molecule has 0 N–H and O–H groups in total. The van der Waals surface area contributed by atoms with Gasteiger partial charge in [-0.25, -0.2) is 0 Å². The van der Waals surface area contributed by atoms with Gasteiger partial charge in [0, 0.05) is 19.3 Å². The molecule has 0 saturated heterocycles. The number of carbonyl (C=O) groups excluding carboxylic acids is 3. The van der Waals surface area contributed by atoms with Crippen LogP contribution in [0.4, 0.5) is 0 Å². The highest BCUT2D eigenvalue weighted by atomic mass is 16.6. The van der Waals surface area contributed by atoms with Crippen molar-refractivity contribution in [3.8, 4) is 0 Å². The highest BCUT2D eigenvalue weighted by molar-refractivity contribution is 5.71. The smallest absolute Gasteiger partial charge is 0.306 e. The average Bonchev–Trinajstić information content (AvgIpc) is 3.49. The number of hydrogen-bond donors (Lipinski definition) is 0. The molecule has 0 amide bonds. The van der Waals surface area contributed by atoms with Crippen molar-refractivity contribution in [2.45, 2.75) is 374 Å². The molecule has 0 spiro atoms. The number of esters is 3. The second-order valence-electron chi connectivity index (χ2n) is 24.1.